The van der Waals surface area contributed by atoms with Gasteiger partial charge in [-0.05, 0) is 50.4 Å². The van der Waals surface area contributed by atoms with Gasteiger partial charge in [-0.1, -0.05) is 18.0 Å². The average Bonchev–Trinajstić information content (AvgIpc) is 2.64. The number of benzene rings is 1. The molecule has 7 heteroatoms. The molecule has 0 atom stereocenters. The summed E-state index contributed by atoms with van der Waals surface area (Å²) in [6.45, 7) is 5.30. The van der Waals surface area contributed by atoms with Gasteiger partial charge in [0.1, 0.15) is 0 Å². The van der Waals surface area contributed by atoms with Crippen LogP contribution < -0.4 is 5.32 Å². The van der Waals surface area contributed by atoms with E-state index in [-0.39, 0.29) is 16.1 Å². The molecular formula is C18H26ClN3O3. The molecule has 2 fully saturated rings. The predicted molar refractivity (Wildman–Crippen MR) is 98.0 cm³/mol. The van der Waals surface area contributed by atoms with E-state index in [1.54, 1.807) is 12.1 Å². The summed E-state index contributed by atoms with van der Waals surface area (Å²) in [5, 5.41) is 15.0. The van der Waals surface area contributed by atoms with Gasteiger partial charge in [0.2, 0.25) is 0 Å². The van der Waals surface area contributed by atoms with Crippen molar-refractivity contribution in [3.05, 3.63) is 38.9 Å². The molecule has 2 saturated heterocycles. The number of likely N-dealkylation sites (tertiary alicyclic amines) is 1. The van der Waals surface area contributed by atoms with E-state index in [0.29, 0.717) is 11.6 Å². The Hall–Kier alpha value is -1.21. The molecule has 138 valence electrons. The van der Waals surface area contributed by atoms with Crippen LogP contribution in [0.4, 0.5) is 5.69 Å². The standard InChI is InChI=1S/C18H26ClN3O3/c19-17-5-4-16(22(23)24)12-15(17)13-20-14-18(6-10-25-11-7-18)21-8-2-1-3-9-21/h4-5,12,20H,1-3,6-11,13-14H2. The van der Waals surface area contributed by atoms with Gasteiger partial charge in [-0.2, -0.15) is 0 Å². The highest BCUT2D eigenvalue weighted by Gasteiger charge is 2.38. The zero-order valence-electron chi connectivity index (χ0n) is 14.5. The van der Waals surface area contributed by atoms with E-state index in [9.17, 15) is 10.1 Å². The van der Waals surface area contributed by atoms with Gasteiger partial charge in [0.25, 0.3) is 5.69 Å². The summed E-state index contributed by atoms with van der Waals surface area (Å²) >= 11 is 6.21. The van der Waals surface area contributed by atoms with Crippen molar-refractivity contribution < 1.29 is 9.66 Å². The molecule has 0 aliphatic carbocycles. The third-order valence-electron chi connectivity index (χ3n) is 5.46. The quantitative estimate of drug-likeness (QED) is 0.616. The number of hydrogen-bond acceptors (Lipinski definition) is 5. The third-order valence-corrected chi connectivity index (χ3v) is 5.83. The molecule has 2 heterocycles. The van der Waals surface area contributed by atoms with Crippen molar-refractivity contribution in [3.8, 4) is 0 Å². The Morgan fingerprint density at radius 1 is 1.24 bits per heavy atom. The summed E-state index contributed by atoms with van der Waals surface area (Å²) in [5.74, 6) is 0. The Morgan fingerprint density at radius 2 is 1.96 bits per heavy atom. The molecule has 3 rings (SSSR count). The SMILES string of the molecule is O=[N+]([O-])c1ccc(Cl)c(CNCC2(N3CCCCC3)CCOCC2)c1. The van der Waals surface area contributed by atoms with Crippen LogP contribution in [0.15, 0.2) is 18.2 Å². The van der Waals surface area contributed by atoms with Crippen LogP contribution in [0.25, 0.3) is 0 Å². The second-order valence-corrected chi connectivity index (χ2v) is 7.43. The molecular weight excluding hydrogens is 342 g/mol. The first-order valence-corrected chi connectivity index (χ1v) is 9.45. The normalized spacial score (nSPS) is 21.2. The number of nitrogens with zero attached hydrogens (tertiary/aromatic N) is 2. The number of rotatable bonds is 6. The lowest BCUT2D eigenvalue weighted by molar-refractivity contribution is -0.384. The van der Waals surface area contributed by atoms with Crippen LogP contribution in [0.1, 0.15) is 37.7 Å². The van der Waals surface area contributed by atoms with Gasteiger partial charge in [0.15, 0.2) is 0 Å². The van der Waals surface area contributed by atoms with Gasteiger partial charge < -0.3 is 10.1 Å². The van der Waals surface area contributed by atoms with Crippen LogP contribution >= 0.6 is 11.6 Å². The maximum absolute atomic E-state index is 11.0. The van der Waals surface area contributed by atoms with Crippen molar-refractivity contribution in [3.63, 3.8) is 0 Å². The Morgan fingerprint density at radius 3 is 2.64 bits per heavy atom. The summed E-state index contributed by atoms with van der Waals surface area (Å²) in [6.07, 6.45) is 5.91. The lowest BCUT2D eigenvalue weighted by Gasteiger charge is -2.48. The Labute approximate surface area is 153 Å². The van der Waals surface area contributed by atoms with Crippen LogP contribution in [0, 0.1) is 10.1 Å². The molecule has 0 saturated carbocycles. The lowest BCUT2D eigenvalue weighted by atomic mass is 9.86. The third kappa shape index (κ3) is 4.50. The first kappa shape index (κ1) is 18.6. The van der Waals surface area contributed by atoms with Crippen molar-refractivity contribution in [1.29, 1.82) is 0 Å². The summed E-state index contributed by atoms with van der Waals surface area (Å²) in [7, 11) is 0. The molecule has 0 amide bonds. The van der Waals surface area contributed by atoms with Gasteiger partial charge >= 0.3 is 0 Å². The number of nitro groups is 1. The highest BCUT2D eigenvalue weighted by molar-refractivity contribution is 6.31. The smallest absolute Gasteiger partial charge is 0.269 e. The minimum Gasteiger partial charge on any atom is -0.381 e. The maximum Gasteiger partial charge on any atom is 0.269 e. The van der Waals surface area contributed by atoms with Crippen molar-refractivity contribution >= 4 is 17.3 Å². The van der Waals surface area contributed by atoms with Crippen LogP contribution in [0.2, 0.25) is 5.02 Å². The van der Waals surface area contributed by atoms with Gasteiger partial charge in [-0.3, -0.25) is 15.0 Å². The van der Waals surface area contributed by atoms with E-state index in [1.165, 1.54) is 25.3 Å². The number of piperidine rings is 1. The topological polar surface area (TPSA) is 67.6 Å². The molecule has 1 N–H and O–H groups in total. The molecule has 0 aromatic heterocycles. The van der Waals surface area contributed by atoms with Crippen molar-refractivity contribution in [2.75, 3.05) is 32.8 Å². The number of halogens is 1. The number of non-ortho nitro benzene ring substituents is 1. The minimum absolute atomic E-state index is 0.0815. The highest BCUT2D eigenvalue weighted by atomic mass is 35.5. The molecule has 0 spiro atoms. The highest BCUT2D eigenvalue weighted by Crippen LogP contribution is 2.30. The van der Waals surface area contributed by atoms with Gasteiger partial charge in [0.05, 0.1) is 4.92 Å². The Kier molecular flexibility index (Phi) is 6.28. The monoisotopic (exact) mass is 367 g/mol. The van der Waals surface area contributed by atoms with Crippen molar-refractivity contribution in [2.45, 2.75) is 44.2 Å². The van der Waals surface area contributed by atoms with Crippen molar-refractivity contribution in [2.24, 2.45) is 0 Å². The molecule has 2 aliphatic heterocycles. The number of hydrogen-bond donors (Lipinski definition) is 1. The van der Waals surface area contributed by atoms with Crippen LogP contribution in [0.5, 0.6) is 0 Å². The maximum atomic E-state index is 11.0. The second-order valence-electron chi connectivity index (χ2n) is 7.02. The first-order valence-electron chi connectivity index (χ1n) is 9.07. The van der Waals surface area contributed by atoms with Gasteiger partial charge in [0, 0.05) is 49.0 Å². The fourth-order valence-corrected chi connectivity index (χ4v) is 4.15. The van der Waals surface area contributed by atoms with Gasteiger partial charge in [-0.15, -0.1) is 0 Å². The molecule has 0 radical (unpaired) electrons. The fraction of sp³-hybridized carbons (Fsp3) is 0.667. The summed E-state index contributed by atoms with van der Waals surface area (Å²) < 4.78 is 5.59. The Balaban J connectivity index is 1.65. The largest absolute Gasteiger partial charge is 0.381 e. The number of ether oxygens (including phenoxy) is 1. The van der Waals surface area contributed by atoms with Crippen LogP contribution in [0.3, 0.4) is 0 Å². The lowest BCUT2D eigenvalue weighted by Crippen LogP contribution is -2.59. The van der Waals surface area contributed by atoms with Crippen LogP contribution in [-0.2, 0) is 11.3 Å². The average molecular weight is 368 g/mol. The van der Waals surface area contributed by atoms with Gasteiger partial charge in [-0.25, -0.2) is 0 Å². The molecule has 1 aromatic rings. The molecule has 0 bridgehead atoms. The van der Waals surface area contributed by atoms with Crippen LogP contribution in [-0.4, -0.2) is 48.2 Å². The van der Waals surface area contributed by atoms with E-state index in [2.05, 4.69) is 10.2 Å². The molecule has 0 unspecified atom stereocenters. The van der Waals surface area contributed by atoms with Crippen molar-refractivity contribution in [1.82, 2.24) is 10.2 Å². The molecule has 1 aromatic carbocycles. The van der Waals surface area contributed by atoms with E-state index >= 15 is 0 Å². The molecule has 25 heavy (non-hydrogen) atoms. The number of nitrogens with one attached hydrogen (secondary N) is 1. The predicted octanol–water partition coefficient (Wildman–Crippen LogP) is 3.37. The molecule has 2 aliphatic rings. The minimum atomic E-state index is -0.381. The fourth-order valence-electron chi connectivity index (χ4n) is 3.96. The van der Waals surface area contributed by atoms with E-state index in [1.807, 2.05) is 0 Å². The summed E-state index contributed by atoms with van der Waals surface area (Å²) in [4.78, 5) is 13.2. The molecule has 6 nitrogen and oxygen atoms in total. The zero-order valence-corrected chi connectivity index (χ0v) is 15.3. The number of nitro benzene ring substituents is 1. The zero-order chi connectivity index (χ0) is 17.7. The second kappa shape index (κ2) is 8.45. The Bertz CT molecular complexity index is 599. The summed E-state index contributed by atoms with van der Waals surface area (Å²) in [5.41, 5.74) is 0.987. The van der Waals surface area contributed by atoms with E-state index < -0.39 is 0 Å². The summed E-state index contributed by atoms with van der Waals surface area (Å²) in [6, 6.07) is 4.61. The van der Waals surface area contributed by atoms with E-state index in [4.69, 9.17) is 16.3 Å². The first-order chi connectivity index (χ1) is 12.1. The van der Waals surface area contributed by atoms with E-state index in [0.717, 1.165) is 51.3 Å².